The Morgan fingerprint density at radius 2 is 2.06 bits per heavy atom. The minimum Gasteiger partial charge on any atom is -0.347 e. The van der Waals surface area contributed by atoms with E-state index in [4.69, 9.17) is 11.6 Å². The third-order valence-electron chi connectivity index (χ3n) is 2.96. The molecule has 4 heteroatoms. The Morgan fingerprint density at radius 1 is 1.28 bits per heavy atom. The molecule has 18 heavy (non-hydrogen) atoms. The number of rotatable bonds is 2. The highest BCUT2D eigenvalue weighted by molar-refractivity contribution is 6.33. The summed E-state index contributed by atoms with van der Waals surface area (Å²) in [7, 11) is 0. The van der Waals surface area contributed by atoms with Gasteiger partial charge in [-0.2, -0.15) is 0 Å². The summed E-state index contributed by atoms with van der Waals surface area (Å²) >= 11 is 6.18. The van der Waals surface area contributed by atoms with Gasteiger partial charge in [0.15, 0.2) is 11.0 Å². The minimum atomic E-state index is 0.516. The first-order valence-electron chi connectivity index (χ1n) is 5.93. The summed E-state index contributed by atoms with van der Waals surface area (Å²) in [6.45, 7) is 2.05. The standard InChI is InChI=1S/C14H12ClN3/c1-2-12-16-11-8-10(9-6-4-3-5-7-9)17-13(11)14(15)18-12/h3-8,17H,2H2,1H3/p+1. The number of aromatic amines is 2. The van der Waals surface area contributed by atoms with E-state index in [1.54, 1.807) is 0 Å². The van der Waals surface area contributed by atoms with Gasteiger partial charge in [-0.25, -0.2) is 4.98 Å². The molecule has 3 aromatic rings. The van der Waals surface area contributed by atoms with Gasteiger partial charge in [0, 0.05) is 6.07 Å². The van der Waals surface area contributed by atoms with Crippen LogP contribution in [0.2, 0.25) is 5.15 Å². The van der Waals surface area contributed by atoms with E-state index in [0.29, 0.717) is 5.15 Å². The first-order chi connectivity index (χ1) is 8.78. The van der Waals surface area contributed by atoms with E-state index in [-0.39, 0.29) is 0 Å². The normalized spacial score (nSPS) is 11.0. The molecule has 0 atom stereocenters. The number of halogens is 1. The maximum atomic E-state index is 6.18. The number of fused-ring (bicyclic) bond motifs is 1. The minimum absolute atomic E-state index is 0.516. The number of aromatic nitrogens is 3. The van der Waals surface area contributed by atoms with Crippen LogP contribution in [-0.2, 0) is 6.42 Å². The van der Waals surface area contributed by atoms with E-state index < -0.39 is 0 Å². The molecule has 0 saturated carbocycles. The van der Waals surface area contributed by atoms with Gasteiger partial charge in [-0.15, -0.1) is 0 Å². The lowest BCUT2D eigenvalue weighted by atomic mass is 10.2. The van der Waals surface area contributed by atoms with Gasteiger partial charge in [0.05, 0.1) is 12.1 Å². The summed E-state index contributed by atoms with van der Waals surface area (Å²) in [5, 5.41) is 0.516. The fourth-order valence-electron chi connectivity index (χ4n) is 2.01. The fourth-order valence-corrected chi connectivity index (χ4v) is 2.27. The summed E-state index contributed by atoms with van der Waals surface area (Å²) in [6.07, 6.45) is 0.835. The summed E-state index contributed by atoms with van der Waals surface area (Å²) < 4.78 is 0. The molecule has 90 valence electrons. The van der Waals surface area contributed by atoms with Crippen molar-refractivity contribution in [2.75, 3.05) is 0 Å². The monoisotopic (exact) mass is 258 g/mol. The van der Waals surface area contributed by atoms with Gasteiger partial charge in [-0.05, 0) is 22.1 Å². The number of nitrogens with zero attached hydrogens (tertiary/aromatic N) is 1. The molecule has 2 N–H and O–H groups in total. The molecule has 2 heterocycles. The molecule has 0 spiro atoms. The second-order valence-electron chi connectivity index (χ2n) is 4.17. The highest BCUT2D eigenvalue weighted by Gasteiger charge is 2.15. The Bertz CT molecular complexity index is 689. The molecular formula is C14H13ClN3+. The number of benzene rings is 1. The fraction of sp³-hybridized carbons (Fsp3) is 0.143. The van der Waals surface area contributed by atoms with Gasteiger partial charge in [0.25, 0.3) is 11.0 Å². The van der Waals surface area contributed by atoms with Crippen molar-refractivity contribution < 1.29 is 4.98 Å². The Hall–Kier alpha value is -1.87. The van der Waals surface area contributed by atoms with Gasteiger partial charge in [0.1, 0.15) is 0 Å². The molecule has 0 amide bonds. The Labute approximate surface area is 110 Å². The smallest absolute Gasteiger partial charge is 0.298 e. The van der Waals surface area contributed by atoms with Crippen LogP contribution in [0.1, 0.15) is 12.7 Å². The van der Waals surface area contributed by atoms with E-state index in [1.165, 1.54) is 0 Å². The topological polar surface area (TPSA) is 42.8 Å². The molecule has 2 aromatic heterocycles. The summed E-state index contributed by atoms with van der Waals surface area (Å²) in [4.78, 5) is 10.9. The van der Waals surface area contributed by atoms with Crippen LogP contribution >= 0.6 is 11.6 Å². The lowest BCUT2D eigenvalue weighted by molar-refractivity contribution is -0.362. The third-order valence-corrected chi connectivity index (χ3v) is 3.23. The van der Waals surface area contributed by atoms with Crippen molar-refractivity contribution in [3.8, 4) is 11.3 Å². The largest absolute Gasteiger partial charge is 0.347 e. The molecule has 0 unspecified atom stereocenters. The van der Waals surface area contributed by atoms with Gasteiger partial charge in [-0.3, -0.25) is 0 Å². The molecule has 0 saturated heterocycles. The van der Waals surface area contributed by atoms with E-state index in [1.807, 2.05) is 25.1 Å². The highest BCUT2D eigenvalue weighted by atomic mass is 35.5. The maximum absolute atomic E-state index is 6.18. The summed E-state index contributed by atoms with van der Waals surface area (Å²) in [5.74, 6) is 0.895. The van der Waals surface area contributed by atoms with E-state index in [2.05, 4.69) is 33.2 Å². The van der Waals surface area contributed by atoms with Gasteiger partial charge in [0.2, 0.25) is 0 Å². The Morgan fingerprint density at radius 3 is 2.78 bits per heavy atom. The van der Waals surface area contributed by atoms with E-state index >= 15 is 0 Å². The van der Waals surface area contributed by atoms with Crippen molar-refractivity contribution in [3.05, 3.63) is 47.4 Å². The first kappa shape index (κ1) is 11.2. The predicted molar refractivity (Wildman–Crippen MR) is 72.5 cm³/mol. The number of nitrogens with one attached hydrogen (secondary N) is 2. The molecule has 1 aromatic carbocycles. The van der Waals surface area contributed by atoms with E-state index in [0.717, 1.165) is 34.5 Å². The maximum Gasteiger partial charge on any atom is 0.298 e. The number of hydrogen-bond acceptors (Lipinski definition) is 1. The van der Waals surface area contributed by atoms with Gasteiger partial charge in [-0.1, -0.05) is 37.3 Å². The van der Waals surface area contributed by atoms with Crippen molar-refractivity contribution in [2.24, 2.45) is 0 Å². The lowest BCUT2D eigenvalue weighted by Gasteiger charge is -1.94. The molecule has 0 aliphatic rings. The van der Waals surface area contributed by atoms with Crippen LogP contribution in [0.4, 0.5) is 0 Å². The van der Waals surface area contributed by atoms with Crippen LogP contribution in [0.5, 0.6) is 0 Å². The number of hydrogen-bond donors (Lipinski definition) is 1. The Kier molecular flexibility index (Phi) is 2.76. The van der Waals surface area contributed by atoms with Gasteiger partial charge >= 0.3 is 0 Å². The first-order valence-corrected chi connectivity index (χ1v) is 6.31. The molecule has 0 bridgehead atoms. The lowest BCUT2D eigenvalue weighted by Crippen LogP contribution is -2.13. The number of aryl methyl sites for hydroxylation is 1. The second kappa shape index (κ2) is 4.42. The van der Waals surface area contributed by atoms with Crippen LogP contribution < -0.4 is 4.98 Å². The van der Waals surface area contributed by atoms with Crippen molar-refractivity contribution in [1.82, 2.24) is 9.97 Å². The zero-order chi connectivity index (χ0) is 12.5. The van der Waals surface area contributed by atoms with Crippen LogP contribution in [0, 0.1) is 0 Å². The SMILES string of the molecule is CCc1nc(Cl)c2[nH]c(-c3ccccc3)cc2[nH+]1. The predicted octanol–water partition coefficient (Wildman–Crippen LogP) is 3.26. The summed E-state index contributed by atoms with van der Waals surface area (Å²) in [6, 6.07) is 12.2. The molecular weight excluding hydrogens is 246 g/mol. The van der Waals surface area contributed by atoms with Crippen LogP contribution in [0.15, 0.2) is 36.4 Å². The Balaban J connectivity index is 2.20. The van der Waals surface area contributed by atoms with Crippen molar-refractivity contribution in [3.63, 3.8) is 0 Å². The van der Waals surface area contributed by atoms with Crippen LogP contribution in [-0.4, -0.2) is 9.97 Å². The quantitative estimate of drug-likeness (QED) is 0.705. The molecule has 0 aliphatic heterocycles. The molecule has 0 fully saturated rings. The van der Waals surface area contributed by atoms with Crippen molar-refractivity contribution in [1.29, 1.82) is 0 Å². The third kappa shape index (κ3) is 1.87. The zero-order valence-corrected chi connectivity index (χ0v) is 10.8. The molecule has 0 radical (unpaired) electrons. The average Bonchev–Trinajstić information content (AvgIpc) is 2.84. The van der Waals surface area contributed by atoms with Crippen molar-refractivity contribution >= 4 is 22.6 Å². The van der Waals surface area contributed by atoms with Crippen molar-refractivity contribution in [2.45, 2.75) is 13.3 Å². The number of H-pyrrole nitrogens is 2. The average molecular weight is 259 g/mol. The van der Waals surface area contributed by atoms with Crippen LogP contribution in [0.3, 0.4) is 0 Å². The zero-order valence-electron chi connectivity index (χ0n) is 10.00. The molecule has 3 rings (SSSR count). The summed E-state index contributed by atoms with van der Waals surface area (Å²) in [5.41, 5.74) is 4.02. The molecule has 3 nitrogen and oxygen atoms in total. The highest BCUT2D eigenvalue weighted by Crippen LogP contribution is 2.24. The van der Waals surface area contributed by atoms with E-state index in [9.17, 15) is 0 Å². The molecule has 0 aliphatic carbocycles. The second-order valence-corrected chi connectivity index (χ2v) is 4.52. The van der Waals surface area contributed by atoms with Gasteiger partial charge < -0.3 is 4.98 Å². The van der Waals surface area contributed by atoms with Crippen LogP contribution in [0.25, 0.3) is 22.3 Å².